The van der Waals surface area contributed by atoms with Crippen LogP contribution in [0.25, 0.3) is 10.9 Å². The highest BCUT2D eigenvalue weighted by Crippen LogP contribution is 2.41. The van der Waals surface area contributed by atoms with Crippen LogP contribution in [0.1, 0.15) is 30.5 Å². The van der Waals surface area contributed by atoms with Crippen LogP contribution in [-0.2, 0) is 11.2 Å². The van der Waals surface area contributed by atoms with Crippen LogP contribution in [0.2, 0.25) is 10.0 Å². The van der Waals surface area contributed by atoms with Gasteiger partial charge in [0.2, 0.25) is 5.91 Å². The van der Waals surface area contributed by atoms with Crippen molar-refractivity contribution in [1.82, 2.24) is 10.3 Å². The van der Waals surface area contributed by atoms with E-state index < -0.39 is 0 Å². The van der Waals surface area contributed by atoms with Gasteiger partial charge in [-0.2, -0.15) is 0 Å². The van der Waals surface area contributed by atoms with Crippen LogP contribution in [0, 0.1) is 0 Å². The van der Waals surface area contributed by atoms with Gasteiger partial charge in [-0.3, -0.25) is 4.79 Å². The van der Waals surface area contributed by atoms with E-state index in [2.05, 4.69) is 33.2 Å². The molecule has 1 aliphatic heterocycles. The van der Waals surface area contributed by atoms with Crippen LogP contribution in [0.15, 0.2) is 10.5 Å². The van der Waals surface area contributed by atoms with Crippen molar-refractivity contribution in [3.05, 3.63) is 31.8 Å². The van der Waals surface area contributed by atoms with Crippen LogP contribution in [0.4, 0.5) is 0 Å². The van der Waals surface area contributed by atoms with E-state index in [1.165, 1.54) is 0 Å². The first-order valence-corrected chi connectivity index (χ1v) is 8.02. The Morgan fingerprint density at radius 3 is 2.90 bits per heavy atom. The number of nitrogens with one attached hydrogen (secondary N) is 2. The minimum absolute atomic E-state index is 0.0427. The van der Waals surface area contributed by atoms with Crippen LogP contribution < -0.4 is 5.32 Å². The van der Waals surface area contributed by atoms with Gasteiger partial charge < -0.3 is 10.3 Å². The molecule has 6 heteroatoms. The van der Waals surface area contributed by atoms with Gasteiger partial charge in [0.25, 0.3) is 0 Å². The van der Waals surface area contributed by atoms with Crippen LogP contribution in [0.5, 0.6) is 0 Å². The first-order chi connectivity index (χ1) is 9.52. The second kappa shape index (κ2) is 5.24. The topological polar surface area (TPSA) is 44.9 Å². The number of fused-ring (bicyclic) bond motifs is 3. The zero-order valence-electron chi connectivity index (χ0n) is 10.8. The molecule has 1 aromatic carbocycles. The van der Waals surface area contributed by atoms with E-state index in [1.807, 2.05) is 0 Å². The molecule has 1 atom stereocenters. The molecular weight excluding hydrogens is 363 g/mol. The highest BCUT2D eigenvalue weighted by atomic mass is 79.9. The van der Waals surface area contributed by atoms with Gasteiger partial charge in [-0.15, -0.1) is 0 Å². The molecule has 3 rings (SSSR count). The average molecular weight is 376 g/mol. The molecule has 2 N–H and O–H groups in total. The van der Waals surface area contributed by atoms with Gasteiger partial charge in [0.15, 0.2) is 0 Å². The maximum atomic E-state index is 11.9. The fourth-order valence-corrected chi connectivity index (χ4v) is 3.99. The Morgan fingerprint density at radius 2 is 2.20 bits per heavy atom. The summed E-state index contributed by atoms with van der Waals surface area (Å²) in [6, 6.07) is 1.78. The first kappa shape index (κ1) is 14.2. The lowest BCUT2D eigenvalue weighted by molar-refractivity contribution is -0.120. The summed E-state index contributed by atoms with van der Waals surface area (Å²) >= 11 is 16.0. The maximum absolute atomic E-state index is 11.9. The van der Waals surface area contributed by atoms with Gasteiger partial charge in [0, 0.05) is 28.0 Å². The molecule has 1 aromatic heterocycles. The number of amides is 1. The molecule has 0 aliphatic carbocycles. The molecule has 0 bridgehead atoms. The second-order valence-corrected chi connectivity index (χ2v) is 6.65. The fraction of sp³-hybridized carbons (Fsp3) is 0.357. The predicted octanol–water partition coefficient (Wildman–Crippen LogP) is 4.40. The first-order valence-electron chi connectivity index (χ1n) is 6.47. The van der Waals surface area contributed by atoms with Gasteiger partial charge in [-0.1, -0.05) is 46.1 Å². The Kier molecular flexibility index (Phi) is 3.73. The lowest BCUT2D eigenvalue weighted by Gasteiger charge is -2.11. The molecule has 106 valence electrons. The molecular formula is C14H13BrCl2N2O. The van der Waals surface area contributed by atoms with E-state index in [4.69, 9.17) is 23.2 Å². The van der Waals surface area contributed by atoms with Gasteiger partial charge in [-0.25, -0.2) is 0 Å². The maximum Gasteiger partial charge on any atom is 0.224 e. The molecule has 0 saturated carbocycles. The number of halogens is 3. The monoisotopic (exact) mass is 374 g/mol. The molecule has 0 radical (unpaired) electrons. The number of benzene rings is 1. The summed E-state index contributed by atoms with van der Waals surface area (Å²) in [7, 11) is 0. The Morgan fingerprint density at radius 1 is 1.45 bits per heavy atom. The van der Waals surface area contributed by atoms with Crippen LogP contribution in [-0.4, -0.2) is 17.4 Å². The highest BCUT2D eigenvalue weighted by Gasteiger charge is 2.27. The number of carbonyl (C=O) groups excluding carboxylic acids is 1. The number of rotatable bonds is 1. The van der Waals surface area contributed by atoms with E-state index in [0.717, 1.165) is 33.1 Å². The summed E-state index contributed by atoms with van der Waals surface area (Å²) in [5.41, 5.74) is 2.92. The molecule has 0 spiro atoms. The Labute approximate surface area is 135 Å². The predicted molar refractivity (Wildman–Crippen MR) is 85.8 cm³/mol. The van der Waals surface area contributed by atoms with Gasteiger partial charge in [0.1, 0.15) is 0 Å². The van der Waals surface area contributed by atoms with Crippen molar-refractivity contribution >= 4 is 55.9 Å². The lowest BCUT2D eigenvalue weighted by Crippen LogP contribution is -2.26. The number of carbonyl (C=O) groups is 1. The summed E-state index contributed by atoms with van der Waals surface area (Å²) in [6.45, 7) is 2.76. The number of hydrogen-bond acceptors (Lipinski definition) is 1. The molecule has 1 amide bonds. The van der Waals surface area contributed by atoms with Crippen molar-refractivity contribution in [3.63, 3.8) is 0 Å². The van der Waals surface area contributed by atoms with Gasteiger partial charge in [-0.05, 0) is 18.1 Å². The molecule has 2 aromatic rings. The van der Waals surface area contributed by atoms with Crippen molar-refractivity contribution in [2.75, 3.05) is 6.54 Å². The van der Waals surface area contributed by atoms with E-state index in [0.29, 0.717) is 23.0 Å². The van der Waals surface area contributed by atoms with Crippen molar-refractivity contribution < 1.29 is 4.79 Å². The number of aromatic amines is 1. The summed E-state index contributed by atoms with van der Waals surface area (Å²) in [5.74, 6) is 0.312. The Balaban J connectivity index is 2.35. The van der Waals surface area contributed by atoms with Gasteiger partial charge in [0.05, 0.1) is 22.0 Å². The van der Waals surface area contributed by atoms with Crippen LogP contribution >= 0.6 is 39.1 Å². The molecule has 1 aliphatic rings. The minimum atomic E-state index is 0.0427. The second-order valence-electron chi connectivity index (χ2n) is 5.01. The zero-order chi connectivity index (χ0) is 14.4. The minimum Gasteiger partial charge on any atom is -0.357 e. The Hall–Kier alpha value is -0.710. The summed E-state index contributed by atoms with van der Waals surface area (Å²) in [5, 5.41) is 4.93. The van der Waals surface area contributed by atoms with Crippen molar-refractivity contribution in [2.45, 2.75) is 25.7 Å². The zero-order valence-corrected chi connectivity index (χ0v) is 13.9. The van der Waals surface area contributed by atoms with E-state index in [1.54, 1.807) is 6.07 Å². The molecule has 0 saturated heterocycles. The SMILES string of the molecule is CCC1CNC(=O)Cc2c1[nH]c1c(Cl)c(Cl)cc(Br)c21. The number of hydrogen-bond donors (Lipinski definition) is 2. The lowest BCUT2D eigenvalue weighted by atomic mass is 9.98. The van der Waals surface area contributed by atoms with Crippen molar-refractivity contribution in [1.29, 1.82) is 0 Å². The average Bonchev–Trinajstić information content (AvgIpc) is 2.69. The number of H-pyrrole nitrogens is 1. The van der Waals surface area contributed by atoms with E-state index in [-0.39, 0.29) is 11.8 Å². The largest absolute Gasteiger partial charge is 0.357 e. The normalized spacial score (nSPS) is 18.8. The Bertz CT molecular complexity index is 711. The molecule has 1 unspecified atom stereocenters. The van der Waals surface area contributed by atoms with Crippen molar-refractivity contribution in [2.24, 2.45) is 0 Å². The third kappa shape index (κ3) is 2.14. The quantitative estimate of drug-likeness (QED) is 0.712. The molecule has 3 nitrogen and oxygen atoms in total. The van der Waals surface area contributed by atoms with Crippen molar-refractivity contribution in [3.8, 4) is 0 Å². The third-order valence-electron chi connectivity index (χ3n) is 3.84. The summed E-state index contributed by atoms with van der Waals surface area (Å²) in [4.78, 5) is 15.3. The smallest absolute Gasteiger partial charge is 0.224 e. The van der Waals surface area contributed by atoms with Crippen LogP contribution in [0.3, 0.4) is 0 Å². The molecule has 0 fully saturated rings. The van der Waals surface area contributed by atoms with E-state index in [9.17, 15) is 4.79 Å². The molecule has 2 heterocycles. The fourth-order valence-electron chi connectivity index (χ4n) is 2.80. The van der Waals surface area contributed by atoms with Gasteiger partial charge >= 0.3 is 0 Å². The molecule has 20 heavy (non-hydrogen) atoms. The summed E-state index contributed by atoms with van der Waals surface area (Å²) in [6.07, 6.45) is 1.31. The number of aromatic nitrogens is 1. The van der Waals surface area contributed by atoms with E-state index >= 15 is 0 Å². The highest BCUT2D eigenvalue weighted by molar-refractivity contribution is 9.10. The summed E-state index contributed by atoms with van der Waals surface area (Å²) < 4.78 is 0.865. The third-order valence-corrected chi connectivity index (χ3v) is 5.25. The standard InChI is InChI=1S/C14H13BrCl2N2O/c1-2-6-5-18-10(20)3-7-11-8(15)4-9(16)12(17)14(11)19-13(6)7/h4,6,19H,2-3,5H2,1H3,(H,18,20).